The summed E-state index contributed by atoms with van der Waals surface area (Å²) in [5.74, 6) is -0.782. The van der Waals surface area contributed by atoms with E-state index in [0.29, 0.717) is 21.3 Å². The summed E-state index contributed by atoms with van der Waals surface area (Å²) in [6.07, 6.45) is 0. The van der Waals surface area contributed by atoms with Gasteiger partial charge in [-0.1, -0.05) is 41.4 Å². The standard InChI is InChI=1S/C17H17Cl2N3O2/c1-10(11-6-7-13(18)14(19)8-11)22-16(23)9-21-15-5-3-2-4-12(15)17(20)24/h2-8,10,21H,9H2,1H3,(H2,20,24)(H,22,23)/t10-/m1/s1. The topological polar surface area (TPSA) is 84.2 Å². The summed E-state index contributed by atoms with van der Waals surface area (Å²) in [4.78, 5) is 23.4. The Balaban J connectivity index is 1.96. The number of nitrogens with two attached hydrogens (primary N) is 1. The zero-order chi connectivity index (χ0) is 17.7. The van der Waals surface area contributed by atoms with Gasteiger partial charge in [0.2, 0.25) is 5.91 Å². The first-order valence-corrected chi connectivity index (χ1v) is 8.01. The third kappa shape index (κ3) is 4.63. The first-order chi connectivity index (χ1) is 11.4. The Morgan fingerprint density at radius 2 is 1.83 bits per heavy atom. The van der Waals surface area contributed by atoms with E-state index in [0.717, 1.165) is 5.56 Å². The van der Waals surface area contributed by atoms with Crippen molar-refractivity contribution in [3.8, 4) is 0 Å². The molecule has 0 fully saturated rings. The highest BCUT2D eigenvalue weighted by Crippen LogP contribution is 2.25. The van der Waals surface area contributed by atoms with Crippen LogP contribution in [0.5, 0.6) is 0 Å². The Hall–Kier alpha value is -2.24. The first kappa shape index (κ1) is 18.1. The highest BCUT2D eigenvalue weighted by Gasteiger charge is 2.12. The second-order valence-electron chi connectivity index (χ2n) is 5.23. The molecule has 0 aliphatic rings. The number of carbonyl (C=O) groups excluding carboxylic acids is 2. The number of amides is 2. The van der Waals surface area contributed by atoms with Crippen LogP contribution < -0.4 is 16.4 Å². The lowest BCUT2D eigenvalue weighted by Crippen LogP contribution is -2.32. The molecule has 0 bridgehead atoms. The molecule has 0 heterocycles. The van der Waals surface area contributed by atoms with Gasteiger partial charge in [-0.25, -0.2) is 0 Å². The Labute approximate surface area is 150 Å². The quantitative estimate of drug-likeness (QED) is 0.733. The van der Waals surface area contributed by atoms with Gasteiger partial charge in [0.15, 0.2) is 0 Å². The highest BCUT2D eigenvalue weighted by molar-refractivity contribution is 6.42. The van der Waals surface area contributed by atoms with Gasteiger partial charge < -0.3 is 16.4 Å². The van der Waals surface area contributed by atoms with Gasteiger partial charge in [-0.15, -0.1) is 0 Å². The summed E-state index contributed by atoms with van der Waals surface area (Å²) >= 11 is 11.9. The van der Waals surface area contributed by atoms with E-state index in [1.165, 1.54) is 0 Å². The molecule has 0 aliphatic heterocycles. The molecule has 4 N–H and O–H groups in total. The van der Waals surface area contributed by atoms with Crippen LogP contribution in [0.3, 0.4) is 0 Å². The maximum Gasteiger partial charge on any atom is 0.250 e. The van der Waals surface area contributed by atoms with Crippen molar-refractivity contribution in [1.29, 1.82) is 0 Å². The van der Waals surface area contributed by atoms with Crippen LogP contribution in [0.25, 0.3) is 0 Å². The van der Waals surface area contributed by atoms with Crippen molar-refractivity contribution in [1.82, 2.24) is 5.32 Å². The molecule has 2 aromatic rings. The van der Waals surface area contributed by atoms with Crippen molar-refractivity contribution in [2.75, 3.05) is 11.9 Å². The van der Waals surface area contributed by atoms with Crippen LogP contribution in [0.4, 0.5) is 5.69 Å². The number of nitrogens with one attached hydrogen (secondary N) is 2. The molecule has 1 atom stereocenters. The Morgan fingerprint density at radius 1 is 1.12 bits per heavy atom. The van der Waals surface area contributed by atoms with Crippen molar-refractivity contribution < 1.29 is 9.59 Å². The van der Waals surface area contributed by atoms with Crippen molar-refractivity contribution in [2.24, 2.45) is 5.73 Å². The first-order valence-electron chi connectivity index (χ1n) is 7.25. The minimum Gasteiger partial charge on any atom is -0.376 e. The van der Waals surface area contributed by atoms with Crippen molar-refractivity contribution >= 4 is 40.7 Å². The summed E-state index contributed by atoms with van der Waals surface area (Å²) in [5.41, 5.74) is 7.00. The summed E-state index contributed by atoms with van der Waals surface area (Å²) in [6, 6.07) is 11.7. The fraction of sp³-hybridized carbons (Fsp3) is 0.176. The number of carbonyl (C=O) groups is 2. The Kier molecular flexibility index (Phi) is 6.06. The van der Waals surface area contributed by atoms with Crippen molar-refractivity contribution in [3.63, 3.8) is 0 Å². The zero-order valence-electron chi connectivity index (χ0n) is 13.0. The van der Waals surface area contributed by atoms with Gasteiger partial charge in [-0.3, -0.25) is 9.59 Å². The molecule has 0 aliphatic carbocycles. The molecule has 0 aromatic heterocycles. The Bertz CT molecular complexity index is 765. The van der Waals surface area contributed by atoms with Gasteiger partial charge in [0.25, 0.3) is 5.91 Å². The molecular weight excluding hydrogens is 349 g/mol. The van der Waals surface area contributed by atoms with Gasteiger partial charge in [0.1, 0.15) is 0 Å². The fourth-order valence-corrected chi connectivity index (χ4v) is 2.49. The van der Waals surface area contributed by atoms with Gasteiger partial charge in [-0.2, -0.15) is 0 Å². The SMILES string of the molecule is C[C@@H](NC(=O)CNc1ccccc1C(N)=O)c1ccc(Cl)c(Cl)c1. The minimum atomic E-state index is -0.553. The predicted octanol–water partition coefficient (Wildman–Crippen LogP) is 3.38. The van der Waals surface area contributed by atoms with Crippen molar-refractivity contribution in [2.45, 2.75) is 13.0 Å². The van der Waals surface area contributed by atoms with E-state index in [2.05, 4.69) is 10.6 Å². The molecule has 0 unspecified atom stereocenters. The highest BCUT2D eigenvalue weighted by atomic mass is 35.5. The normalized spacial score (nSPS) is 11.6. The number of anilines is 1. The molecule has 126 valence electrons. The van der Waals surface area contributed by atoms with Crippen LogP contribution >= 0.6 is 23.2 Å². The number of hydrogen-bond acceptors (Lipinski definition) is 3. The average Bonchev–Trinajstić information content (AvgIpc) is 2.55. The summed E-state index contributed by atoms with van der Waals surface area (Å²) in [5, 5.41) is 6.65. The average molecular weight is 366 g/mol. The number of para-hydroxylation sites is 1. The van der Waals surface area contributed by atoms with Crippen molar-refractivity contribution in [3.05, 3.63) is 63.6 Å². The molecule has 2 aromatic carbocycles. The summed E-state index contributed by atoms with van der Waals surface area (Å²) < 4.78 is 0. The smallest absolute Gasteiger partial charge is 0.250 e. The lowest BCUT2D eigenvalue weighted by Gasteiger charge is -2.16. The maximum atomic E-state index is 12.1. The summed E-state index contributed by atoms with van der Waals surface area (Å²) in [7, 11) is 0. The number of halogens is 2. The third-order valence-corrected chi connectivity index (χ3v) is 4.19. The van der Waals surface area contributed by atoms with E-state index < -0.39 is 5.91 Å². The number of primary amides is 1. The van der Waals surface area contributed by atoms with E-state index in [-0.39, 0.29) is 18.5 Å². The second kappa shape index (κ2) is 8.04. The third-order valence-electron chi connectivity index (χ3n) is 3.45. The second-order valence-corrected chi connectivity index (χ2v) is 6.04. The predicted molar refractivity (Wildman–Crippen MR) is 96.5 cm³/mol. The molecule has 7 heteroatoms. The molecule has 24 heavy (non-hydrogen) atoms. The number of rotatable bonds is 6. The molecule has 0 saturated carbocycles. The monoisotopic (exact) mass is 365 g/mol. The summed E-state index contributed by atoms with van der Waals surface area (Å²) in [6.45, 7) is 1.85. The van der Waals surface area contributed by atoms with Gasteiger partial charge in [0, 0.05) is 5.69 Å². The molecule has 0 spiro atoms. The molecule has 2 amide bonds. The largest absolute Gasteiger partial charge is 0.376 e. The van der Waals surface area contributed by atoms with E-state index in [1.807, 2.05) is 6.92 Å². The van der Waals surface area contributed by atoms with Crippen LogP contribution in [0.2, 0.25) is 10.0 Å². The number of hydrogen-bond donors (Lipinski definition) is 3. The van der Waals surface area contributed by atoms with E-state index >= 15 is 0 Å². The lowest BCUT2D eigenvalue weighted by molar-refractivity contribution is -0.120. The molecule has 5 nitrogen and oxygen atoms in total. The minimum absolute atomic E-state index is 0.00988. The maximum absolute atomic E-state index is 12.1. The van der Waals surface area contributed by atoms with Gasteiger partial charge in [-0.05, 0) is 36.8 Å². The van der Waals surface area contributed by atoms with Crippen LogP contribution in [-0.2, 0) is 4.79 Å². The molecule has 0 radical (unpaired) electrons. The van der Waals surface area contributed by atoms with Crippen LogP contribution in [0.1, 0.15) is 28.9 Å². The zero-order valence-corrected chi connectivity index (χ0v) is 14.5. The molecular formula is C17H17Cl2N3O2. The van der Waals surface area contributed by atoms with Gasteiger partial charge in [0.05, 0.1) is 28.2 Å². The fourth-order valence-electron chi connectivity index (χ4n) is 2.19. The van der Waals surface area contributed by atoms with E-state index in [1.54, 1.807) is 42.5 Å². The lowest BCUT2D eigenvalue weighted by atomic mass is 10.1. The van der Waals surface area contributed by atoms with Crippen LogP contribution in [0, 0.1) is 0 Å². The Morgan fingerprint density at radius 3 is 2.50 bits per heavy atom. The van der Waals surface area contributed by atoms with Gasteiger partial charge >= 0.3 is 0 Å². The molecule has 0 saturated heterocycles. The van der Waals surface area contributed by atoms with Crippen LogP contribution in [-0.4, -0.2) is 18.4 Å². The molecule has 2 rings (SSSR count). The van der Waals surface area contributed by atoms with E-state index in [9.17, 15) is 9.59 Å². The van der Waals surface area contributed by atoms with E-state index in [4.69, 9.17) is 28.9 Å². The number of benzene rings is 2. The van der Waals surface area contributed by atoms with Crippen LogP contribution in [0.15, 0.2) is 42.5 Å².